The monoisotopic (exact) mass is 268 g/mol. The Morgan fingerprint density at radius 2 is 2.00 bits per heavy atom. The number of rotatable bonds is 4. The third kappa shape index (κ3) is 3.47. The molecule has 1 heterocycles. The van der Waals surface area contributed by atoms with Gasteiger partial charge in [0, 0.05) is 19.0 Å². The Labute approximate surface area is 114 Å². The maximum Gasteiger partial charge on any atom is 0.247 e. The van der Waals surface area contributed by atoms with E-state index < -0.39 is 12.1 Å². The lowest BCUT2D eigenvalue weighted by Gasteiger charge is -2.27. The zero-order valence-electron chi connectivity index (χ0n) is 12.0. The van der Waals surface area contributed by atoms with Crippen LogP contribution in [-0.4, -0.2) is 47.1 Å². The van der Waals surface area contributed by atoms with Crippen molar-refractivity contribution in [2.45, 2.75) is 52.2 Å². The van der Waals surface area contributed by atoms with Crippen LogP contribution in [0.4, 0.5) is 0 Å². The molecule has 19 heavy (non-hydrogen) atoms. The summed E-state index contributed by atoms with van der Waals surface area (Å²) in [5, 5.41) is 12.5. The van der Waals surface area contributed by atoms with E-state index in [0.717, 1.165) is 19.3 Å². The number of nitrogens with zero attached hydrogens (tertiary/aromatic N) is 1. The third-order valence-corrected chi connectivity index (χ3v) is 3.98. The fourth-order valence-electron chi connectivity index (χ4n) is 2.50. The maximum absolute atomic E-state index is 12.4. The van der Waals surface area contributed by atoms with E-state index in [0.29, 0.717) is 13.1 Å². The molecular formula is C14H24N2O3. The number of nitrogens with one attached hydrogen (secondary N) is 1. The van der Waals surface area contributed by atoms with Gasteiger partial charge in [-0.25, -0.2) is 0 Å². The highest BCUT2D eigenvalue weighted by molar-refractivity contribution is 5.90. The average Bonchev–Trinajstić information content (AvgIpc) is 3.09. The summed E-state index contributed by atoms with van der Waals surface area (Å²) in [6.45, 7) is 7.19. The largest absolute Gasteiger partial charge is 0.391 e. The molecule has 2 aliphatic rings. The molecular weight excluding hydrogens is 244 g/mol. The lowest BCUT2D eigenvalue weighted by Crippen LogP contribution is -2.53. The SMILES string of the molecule is CC(O)C(NC(=O)C1CC1)C(=O)N1CCC(C)(C)C1. The van der Waals surface area contributed by atoms with Crippen molar-refractivity contribution in [1.29, 1.82) is 0 Å². The minimum Gasteiger partial charge on any atom is -0.391 e. The second-order valence-electron chi connectivity index (χ2n) is 6.68. The van der Waals surface area contributed by atoms with Gasteiger partial charge in [0.2, 0.25) is 11.8 Å². The number of likely N-dealkylation sites (tertiary alicyclic amines) is 1. The summed E-state index contributed by atoms with van der Waals surface area (Å²) in [5.41, 5.74) is 0.124. The number of carbonyl (C=O) groups is 2. The first-order chi connectivity index (χ1) is 8.80. The first-order valence-electron chi connectivity index (χ1n) is 7.07. The lowest BCUT2D eigenvalue weighted by molar-refractivity contribution is -0.139. The number of carbonyl (C=O) groups excluding carboxylic acids is 2. The van der Waals surface area contributed by atoms with Gasteiger partial charge in [-0.05, 0) is 31.6 Å². The topological polar surface area (TPSA) is 69.6 Å². The third-order valence-electron chi connectivity index (χ3n) is 3.98. The van der Waals surface area contributed by atoms with Gasteiger partial charge in [0.15, 0.2) is 0 Å². The minimum absolute atomic E-state index is 0.0454. The fraction of sp³-hybridized carbons (Fsp3) is 0.857. The van der Waals surface area contributed by atoms with E-state index in [1.807, 2.05) is 0 Å². The molecule has 0 bridgehead atoms. The number of hydrogen-bond acceptors (Lipinski definition) is 3. The van der Waals surface area contributed by atoms with E-state index in [1.54, 1.807) is 11.8 Å². The highest BCUT2D eigenvalue weighted by atomic mass is 16.3. The molecule has 0 aromatic rings. The molecule has 2 rings (SSSR count). The van der Waals surface area contributed by atoms with Crippen LogP contribution in [-0.2, 0) is 9.59 Å². The maximum atomic E-state index is 12.4. The number of hydrogen-bond donors (Lipinski definition) is 2. The van der Waals surface area contributed by atoms with Crippen molar-refractivity contribution in [2.24, 2.45) is 11.3 Å². The van der Waals surface area contributed by atoms with E-state index in [1.165, 1.54) is 0 Å². The Kier molecular flexibility index (Phi) is 3.85. The molecule has 2 amide bonds. The van der Waals surface area contributed by atoms with Gasteiger partial charge in [-0.1, -0.05) is 13.8 Å². The second kappa shape index (κ2) is 5.12. The molecule has 1 aliphatic heterocycles. The predicted molar refractivity (Wildman–Crippen MR) is 71.3 cm³/mol. The van der Waals surface area contributed by atoms with Gasteiger partial charge in [0.05, 0.1) is 6.10 Å². The normalized spacial score (nSPS) is 24.9. The molecule has 5 heteroatoms. The van der Waals surface area contributed by atoms with E-state index >= 15 is 0 Å². The Bertz CT molecular complexity index is 375. The first kappa shape index (κ1) is 14.3. The molecule has 0 spiro atoms. The molecule has 108 valence electrons. The van der Waals surface area contributed by atoms with Crippen LogP contribution in [0.1, 0.15) is 40.0 Å². The Morgan fingerprint density at radius 1 is 1.37 bits per heavy atom. The lowest BCUT2D eigenvalue weighted by atomic mass is 9.93. The average molecular weight is 268 g/mol. The van der Waals surface area contributed by atoms with E-state index in [4.69, 9.17) is 0 Å². The smallest absolute Gasteiger partial charge is 0.247 e. The van der Waals surface area contributed by atoms with E-state index in [9.17, 15) is 14.7 Å². The zero-order valence-corrected chi connectivity index (χ0v) is 12.0. The van der Waals surface area contributed by atoms with Crippen molar-refractivity contribution < 1.29 is 14.7 Å². The quantitative estimate of drug-likeness (QED) is 0.781. The molecule has 2 N–H and O–H groups in total. The molecule has 1 saturated carbocycles. The summed E-state index contributed by atoms with van der Waals surface area (Å²) in [6.07, 6.45) is 1.88. The molecule has 2 atom stereocenters. The van der Waals surface area contributed by atoms with Gasteiger partial charge in [0.25, 0.3) is 0 Å². The highest BCUT2D eigenvalue weighted by Gasteiger charge is 2.39. The van der Waals surface area contributed by atoms with Crippen molar-refractivity contribution in [1.82, 2.24) is 10.2 Å². The van der Waals surface area contributed by atoms with Crippen LogP contribution in [0.15, 0.2) is 0 Å². The highest BCUT2D eigenvalue weighted by Crippen LogP contribution is 2.30. The molecule has 0 aromatic heterocycles. The van der Waals surface area contributed by atoms with Crippen LogP contribution >= 0.6 is 0 Å². The van der Waals surface area contributed by atoms with E-state index in [2.05, 4.69) is 19.2 Å². The first-order valence-corrected chi connectivity index (χ1v) is 7.07. The number of aliphatic hydroxyl groups is 1. The summed E-state index contributed by atoms with van der Waals surface area (Å²) in [5.74, 6) is -0.212. The van der Waals surface area contributed by atoms with Crippen molar-refractivity contribution in [3.05, 3.63) is 0 Å². The van der Waals surface area contributed by atoms with E-state index in [-0.39, 0.29) is 23.1 Å². The van der Waals surface area contributed by atoms with Gasteiger partial charge >= 0.3 is 0 Å². The number of amides is 2. The van der Waals surface area contributed by atoms with Crippen molar-refractivity contribution in [3.63, 3.8) is 0 Å². The van der Waals surface area contributed by atoms with Crippen molar-refractivity contribution in [3.8, 4) is 0 Å². The molecule has 2 fully saturated rings. The van der Waals surface area contributed by atoms with Crippen LogP contribution in [0.2, 0.25) is 0 Å². The molecule has 0 radical (unpaired) electrons. The number of aliphatic hydroxyl groups excluding tert-OH is 1. The summed E-state index contributed by atoms with van der Waals surface area (Å²) >= 11 is 0. The van der Waals surface area contributed by atoms with Gasteiger partial charge in [-0.2, -0.15) is 0 Å². The molecule has 2 unspecified atom stereocenters. The molecule has 5 nitrogen and oxygen atoms in total. The van der Waals surface area contributed by atoms with Crippen LogP contribution in [0, 0.1) is 11.3 Å². The van der Waals surface area contributed by atoms with Crippen LogP contribution in [0.5, 0.6) is 0 Å². The van der Waals surface area contributed by atoms with Gasteiger partial charge in [0.1, 0.15) is 6.04 Å². The standard InChI is InChI=1S/C14H24N2O3/c1-9(17)11(15-12(18)10-4-5-10)13(19)16-7-6-14(2,3)8-16/h9-11,17H,4-8H2,1-3H3,(H,15,18). The Balaban J connectivity index is 1.98. The van der Waals surface area contributed by atoms with Crippen molar-refractivity contribution in [2.75, 3.05) is 13.1 Å². The van der Waals surface area contributed by atoms with Gasteiger partial charge < -0.3 is 15.3 Å². The predicted octanol–water partition coefficient (Wildman–Crippen LogP) is 0.520. The van der Waals surface area contributed by atoms with Gasteiger partial charge in [-0.15, -0.1) is 0 Å². The molecule has 1 saturated heterocycles. The zero-order chi connectivity index (χ0) is 14.2. The Morgan fingerprint density at radius 3 is 2.42 bits per heavy atom. The Hall–Kier alpha value is -1.10. The second-order valence-corrected chi connectivity index (χ2v) is 6.68. The fourth-order valence-corrected chi connectivity index (χ4v) is 2.50. The van der Waals surface area contributed by atoms with Gasteiger partial charge in [-0.3, -0.25) is 9.59 Å². The summed E-state index contributed by atoms with van der Waals surface area (Å²) in [7, 11) is 0. The van der Waals surface area contributed by atoms with Crippen LogP contribution in [0.25, 0.3) is 0 Å². The molecule has 1 aliphatic carbocycles. The van der Waals surface area contributed by atoms with Crippen LogP contribution < -0.4 is 5.32 Å². The minimum atomic E-state index is -0.862. The van der Waals surface area contributed by atoms with Crippen molar-refractivity contribution >= 4 is 11.8 Å². The molecule has 0 aromatic carbocycles. The summed E-state index contributed by atoms with van der Waals surface area (Å²) < 4.78 is 0. The summed E-state index contributed by atoms with van der Waals surface area (Å²) in [4.78, 5) is 25.9. The summed E-state index contributed by atoms with van der Waals surface area (Å²) in [6, 6.07) is -0.804. The van der Waals surface area contributed by atoms with Crippen LogP contribution in [0.3, 0.4) is 0 Å².